The average Bonchev–Trinajstić information content (AvgIpc) is 3.02. The van der Waals surface area contributed by atoms with Crippen molar-refractivity contribution < 1.29 is 9.84 Å². The molecule has 0 spiro atoms. The highest BCUT2D eigenvalue weighted by molar-refractivity contribution is 5.14. The third-order valence-corrected chi connectivity index (χ3v) is 9.90. The van der Waals surface area contributed by atoms with E-state index in [1.165, 1.54) is 56.9 Å². The van der Waals surface area contributed by atoms with E-state index in [1.54, 1.807) is 0 Å². The molecule has 0 aromatic heterocycles. The summed E-state index contributed by atoms with van der Waals surface area (Å²) in [6.07, 6.45) is 11.9. The van der Waals surface area contributed by atoms with Gasteiger partial charge >= 0.3 is 0 Å². The molecule has 0 saturated heterocycles. The van der Waals surface area contributed by atoms with Gasteiger partial charge in [0.2, 0.25) is 0 Å². The van der Waals surface area contributed by atoms with Crippen LogP contribution in [-0.4, -0.2) is 17.3 Å². The van der Waals surface area contributed by atoms with E-state index in [4.69, 9.17) is 4.74 Å². The quantitative estimate of drug-likeness (QED) is 0.697. The van der Waals surface area contributed by atoms with Crippen molar-refractivity contribution in [3.05, 3.63) is 35.9 Å². The maximum atomic E-state index is 10.6. The van der Waals surface area contributed by atoms with Crippen LogP contribution in [0.25, 0.3) is 0 Å². The van der Waals surface area contributed by atoms with Crippen LogP contribution in [-0.2, 0) is 11.3 Å². The number of hydrogen-bond acceptors (Lipinski definition) is 2. The van der Waals surface area contributed by atoms with Gasteiger partial charge in [-0.2, -0.15) is 0 Å². The minimum Gasteiger partial charge on any atom is -0.393 e. The summed E-state index contributed by atoms with van der Waals surface area (Å²) in [6, 6.07) is 10.6. The standard InChI is InChI=1S/C26H38O2/c1-25-14-12-20(28-17-18-6-4-3-5-7-18)16-19(25)8-9-21-22-10-11-24(27)26(22,2)15-13-23(21)25/h3-7,19-24,27H,8-17H2,1-2H3/t19-,20-,21-,22+,23-,24-,25-,26-/m0/s1. The molecule has 4 fully saturated rings. The zero-order valence-corrected chi connectivity index (χ0v) is 17.8. The van der Waals surface area contributed by atoms with E-state index in [2.05, 4.69) is 44.2 Å². The summed E-state index contributed by atoms with van der Waals surface area (Å²) in [7, 11) is 0. The van der Waals surface area contributed by atoms with Crippen molar-refractivity contribution in [2.24, 2.45) is 34.5 Å². The van der Waals surface area contributed by atoms with Gasteiger partial charge in [-0.3, -0.25) is 0 Å². The predicted octanol–water partition coefficient (Wildman–Crippen LogP) is 5.98. The molecule has 8 atom stereocenters. The fourth-order valence-corrected chi connectivity index (χ4v) is 8.13. The van der Waals surface area contributed by atoms with Gasteiger partial charge in [-0.1, -0.05) is 44.2 Å². The van der Waals surface area contributed by atoms with Gasteiger partial charge in [0.25, 0.3) is 0 Å². The lowest BCUT2D eigenvalue weighted by atomic mass is 9.45. The molecule has 0 aliphatic heterocycles. The number of fused-ring (bicyclic) bond motifs is 5. The Morgan fingerprint density at radius 2 is 1.64 bits per heavy atom. The van der Waals surface area contributed by atoms with Crippen LogP contribution in [0.3, 0.4) is 0 Å². The predicted molar refractivity (Wildman–Crippen MR) is 113 cm³/mol. The van der Waals surface area contributed by atoms with Gasteiger partial charge in [0.05, 0.1) is 18.8 Å². The average molecular weight is 383 g/mol. The Labute approximate surface area is 171 Å². The second-order valence-corrected chi connectivity index (χ2v) is 11.0. The summed E-state index contributed by atoms with van der Waals surface area (Å²) in [5.41, 5.74) is 2.01. The van der Waals surface area contributed by atoms with Gasteiger partial charge in [-0.25, -0.2) is 0 Å². The van der Waals surface area contributed by atoms with Crippen LogP contribution in [0.1, 0.15) is 77.2 Å². The Bertz CT molecular complexity index is 687. The van der Waals surface area contributed by atoms with Gasteiger partial charge < -0.3 is 9.84 Å². The molecule has 0 bridgehead atoms. The number of aliphatic hydroxyl groups is 1. The van der Waals surface area contributed by atoms with Crippen molar-refractivity contribution >= 4 is 0 Å². The highest BCUT2D eigenvalue weighted by atomic mass is 16.5. The van der Waals surface area contributed by atoms with Crippen LogP contribution < -0.4 is 0 Å². The topological polar surface area (TPSA) is 29.5 Å². The largest absolute Gasteiger partial charge is 0.393 e. The number of rotatable bonds is 3. The van der Waals surface area contributed by atoms with E-state index in [-0.39, 0.29) is 11.5 Å². The fraction of sp³-hybridized carbons (Fsp3) is 0.769. The van der Waals surface area contributed by atoms with Crippen molar-refractivity contribution in [3.63, 3.8) is 0 Å². The van der Waals surface area contributed by atoms with E-state index in [0.29, 0.717) is 11.5 Å². The summed E-state index contributed by atoms with van der Waals surface area (Å²) < 4.78 is 6.37. The lowest BCUT2D eigenvalue weighted by Gasteiger charge is -2.60. The first-order valence-electron chi connectivity index (χ1n) is 11.8. The number of aliphatic hydroxyl groups excluding tert-OH is 1. The van der Waals surface area contributed by atoms with Crippen LogP contribution in [0.5, 0.6) is 0 Å². The minimum absolute atomic E-state index is 0.0499. The number of benzene rings is 1. The van der Waals surface area contributed by atoms with Crippen molar-refractivity contribution in [3.8, 4) is 0 Å². The summed E-state index contributed by atoms with van der Waals surface area (Å²) in [4.78, 5) is 0. The molecule has 1 aromatic rings. The lowest BCUT2D eigenvalue weighted by molar-refractivity contribution is -0.142. The fourth-order valence-electron chi connectivity index (χ4n) is 8.13. The van der Waals surface area contributed by atoms with Crippen LogP contribution in [0.15, 0.2) is 30.3 Å². The summed E-state index contributed by atoms with van der Waals surface area (Å²) in [6.45, 7) is 5.78. The Balaban J connectivity index is 1.26. The molecule has 0 radical (unpaired) electrons. The molecule has 0 amide bonds. The molecule has 4 aliphatic rings. The molecular formula is C26H38O2. The second kappa shape index (κ2) is 7.13. The van der Waals surface area contributed by atoms with Gasteiger partial charge in [0.1, 0.15) is 0 Å². The maximum absolute atomic E-state index is 10.6. The third-order valence-electron chi connectivity index (χ3n) is 9.90. The highest BCUT2D eigenvalue weighted by Gasteiger charge is 2.60. The van der Waals surface area contributed by atoms with Crippen molar-refractivity contribution in [2.45, 2.75) is 90.4 Å². The van der Waals surface area contributed by atoms with Crippen molar-refractivity contribution in [2.75, 3.05) is 0 Å². The monoisotopic (exact) mass is 382 g/mol. The zero-order chi connectivity index (χ0) is 19.4. The summed E-state index contributed by atoms with van der Waals surface area (Å²) >= 11 is 0. The third kappa shape index (κ3) is 2.98. The molecule has 2 heteroatoms. The maximum Gasteiger partial charge on any atom is 0.0720 e. The Morgan fingerprint density at radius 1 is 0.893 bits per heavy atom. The molecule has 28 heavy (non-hydrogen) atoms. The minimum atomic E-state index is -0.0499. The molecule has 0 heterocycles. The van der Waals surface area contributed by atoms with Crippen LogP contribution in [0.2, 0.25) is 0 Å². The summed E-state index contributed by atoms with van der Waals surface area (Å²) in [5.74, 6) is 3.34. The van der Waals surface area contributed by atoms with Crippen molar-refractivity contribution in [1.82, 2.24) is 0 Å². The van der Waals surface area contributed by atoms with E-state index >= 15 is 0 Å². The summed E-state index contributed by atoms with van der Waals surface area (Å²) in [5, 5.41) is 10.6. The Kier molecular flexibility index (Phi) is 4.87. The SMILES string of the molecule is C[C@]12CC[C@H]3[C@@H](CC[C@H]4C[C@@H](OCc5ccccc5)CC[C@@]43C)[C@H]1CC[C@@H]2O. The lowest BCUT2D eigenvalue weighted by Crippen LogP contribution is -2.54. The van der Waals surface area contributed by atoms with Crippen molar-refractivity contribution in [1.29, 1.82) is 0 Å². The van der Waals surface area contributed by atoms with Gasteiger partial charge in [-0.05, 0) is 97.9 Å². The smallest absolute Gasteiger partial charge is 0.0720 e. The highest BCUT2D eigenvalue weighted by Crippen LogP contribution is 2.66. The number of hydrogen-bond donors (Lipinski definition) is 1. The van der Waals surface area contributed by atoms with Gasteiger partial charge in [0, 0.05) is 0 Å². The van der Waals surface area contributed by atoms with Crippen LogP contribution in [0.4, 0.5) is 0 Å². The van der Waals surface area contributed by atoms with E-state index in [1.807, 2.05) is 0 Å². The first-order valence-corrected chi connectivity index (χ1v) is 11.8. The number of ether oxygens (including phenoxy) is 1. The Morgan fingerprint density at radius 3 is 2.46 bits per heavy atom. The molecule has 1 aromatic carbocycles. The molecule has 0 unspecified atom stereocenters. The second-order valence-electron chi connectivity index (χ2n) is 11.0. The first kappa shape index (κ1) is 19.1. The molecule has 1 N–H and O–H groups in total. The normalized spacial score (nSPS) is 47.8. The molecule has 4 saturated carbocycles. The molecule has 154 valence electrons. The molecular weight excluding hydrogens is 344 g/mol. The zero-order valence-electron chi connectivity index (χ0n) is 17.8. The van der Waals surface area contributed by atoms with Gasteiger partial charge in [0.15, 0.2) is 0 Å². The van der Waals surface area contributed by atoms with E-state index in [9.17, 15) is 5.11 Å². The molecule has 2 nitrogen and oxygen atoms in total. The first-order chi connectivity index (χ1) is 13.5. The van der Waals surface area contributed by atoms with Crippen LogP contribution in [0, 0.1) is 34.5 Å². The van der Waals surface area contributed by atoms with E-state index < -0.39 is 0 Å². The Hall–Kier alpha value is -0.860. The van der Waals surface area contributed by atoms with E-state index in [0.717, 1.165) is 36.7 Å². The molecule has 5 rings (SSSR count). The molecule has 4 aliphatic carbocycles. The van der Waals surface area contributed by atoms with Gasteiger partial charge in [-0.15, -0.1) is 0 Å². The van der Waals surface area contributed by atoms with Crippen LogP contribution >= 0.6 is 0 Å².